The van der Waals surface area contributed by atoms with Gasteiger partial charge in [-0.3, -0.25) is 4.90 Å². The number of ether oxygens (including phenoxy) is 1. The maximum atomic E-state index is 12.8. The molecule has 0 saturated carbocycles. The molecule has 5 rings (SSSR count). The van der Waals surface area contributed by atoms with Crippen molar-refractivity contribution in [3.8, 4) is 17.9 Å². The van der Waals surface area contributed by atoms with E-state index in [1.807, 2.05) is 12.1 Å². The molecular weight excluding hydrogens is 498 g/mol. The summed E-state index contributed by atoms with van der Waals surface area (Å²) in [7, 11) is -3.38. The van der Waals surface area contributed by atoms with Crippen molar-refractivity contribution in [1.29, 1.82) is 5.26 Å². The van der Waals surface area contributed by atoms with Gasteiger partial charge >= 0.3 is 0 Å². The van der Waals surface area contributed by atoms with Gasteiger partial charge in [0, 0.05) is 54.1 Å². The van der Waals surface area contributed by atoms with E-state index in [-0.39, 0.29) is 5.75 Å². The molecule has 0 bridgehead atoms. The number of rotatable bonds is 6. The summed E-state index contributed by atoms with van der Waals surface area (Å²) in [5, 5.41) is 13.9. The van der Waals surface area contributed by atoms with Gasteiger partial charge in [0.1, 0.15) is 11.5 Å². The van der Waals surface area contributed by atoms with Gasteiger partial charge in [0.05, 0.1) is 35.5 Å². The fraction of sp³-hybridized carbons (Fsp3) is 0.207. The van der Waals surface area contributed by atoms with Crippen LogP contribution in [0, 0.1) is 23.2 Å². The van der Waals surface area contributed by atoms with Crippen molar-refractivity contribution in [2.24, 2.45) is 0 Å². The van der Waals surface area contributed by atoms with E-state index >= 15 is 0 Å². The fourth-order valence-corrected chi connectivity index (χ4v) is 5.36. The molecule has 3 heterocycles. The van der Waals surface area contributed by atoms with E-state index in [9.17, 15) is 8.42 Å². The van der Waals surface area contributed by atoms with Gasteiger partial charge in [-0.25, -0.2) is 18.4 Å². The van der Waals surface area contributed by atoms with Gasteiger partial charge in [-0.15, -0.1) is 0 Å². The molecule has 8 nitrogen and oxygen atoms in total. The minimum absolute atomic E-state index is 0.0747. The maximum absolute atomic E-state index is 12.8. The number of fused-ring (bicyclic) bond motifs is 1. The van der Waals surface area contributed by atoms with Crippen LogP contribution >= 0.6 is 0 Å². The van der Waals surface area contributed by atoms with Gasteiger partial charge in [0.15, 0.2) is 9.84 Å². The Morgan fingerprint density at radius 2 is 1.68 bits per heavy atom. The third-order valence-corrected chi connectivity index (χ3v) is 7.96. The molecule has 1 saturated heterocycles. The van der Waals surface area contributed by atoms with Crippen LogP contribution in [0.3, 0.4) is 0 Å². The molecule has 2 aromatic heterocycles. The van der Waals surface area contributed by atoms with E-state index in [4.69, 9.17) is 10.00 Å². The first kappa shape index (κ1) is 25.4. The lowest BCUT2D eigenvalue weighted by Crippen LogP contribution is -2.39. The average Bonchev–Trinajstić information content (AvgIpc) is 2.96. The van der Waals surface area contributed by atoms with E-state index in [1.165, 1.54) is 0 Å². The van der Waals surface area contributed by atoms with E-state index in [0.717, 1.165) is 35.1 Å². The van der Waals surface area contributed by atoms with Crippen molar-refractivity contribution >= 4 is 32.1 Å². The number of pyridine rings is 2. The molecule has 0 radical (unpaired) electrons. The number of aromatic nitrogens is 2. The molecule has 1 aliphatic rings. The number of morpholine rings is 1. The van der Waals surface area contributed by atoms with E-state index in [0.29, 0.717) is 41.7 Å². The van der Waals surface area contributed by atoms with Crippen LogP contribution in [-0.2, 0) is 14.6 Å². The van der Waals surface area contributed by atoms with E-state index in [2.05, 4.69) is 38.1 Å². The first-order valence-corrected chi connectivity index (χ1v) is 13.8. The number of anilines is 2. The number of nitrogens with zero attached hydrogens (tertiary/aromatic N) is 4. The predicted molar refractivity (Wildman–Crippen MR) is 146 cm³/mol. The zero-order valence-corrected chi connectivity index (χ0v) is 21.4. The van der Waals surface area contributed by atoms with E-state index in [1.54, 1.807) is 60.9 Å². The summed E-state index contributed by atoms with van der Waals surface area (Å²) in [4.78, 5) is 11.3. The van der Waals surface area contributed by atoms with Gasteiger partial charge in [-0.1, -0.05) is 5.92 Å². The van der Waals surface area contributed by atoms with Gasteiger partial charge in [0.2, 0.25) is 0 Å². The van der Waals surface area contributed by atoms with Crippen molar-refractivity contribution in [2.75, 3.05) is 43.9 Å². The number of nitrogens with one attached hydrogen (secondary N) is 1. The molecular formula is C29H25N5O3S. The monoisotopic (exact) mass is 523 g/mol. The topological polar surface area (TPSA) is 108 Å². The Labute approximate surface area is 221 Å². The largest absolute Gasteiger partial charge is 0.379 e. The Balaban J connectivity index is 1.30. The Hall–Kier alpha value is -4.28. The zero-order chi connectivity index (χ0) is 26.4. The number of benzene rings is 2. The highest BCUT2D eigenvalue weighted by Gasteiger charge is 2.18. The summed E-state index contributed by atoms with van der Waals surface area (Å²) in [6.07, 6.45) is 3.44. The molecule has 0 unspecified atom stereocenters. The van der Waals surface area contributed by atoms with Crippen molar-refractivity contribution in [3.63, 3.8) is 0 Å². The summed E-state index contributed by atoms with van der Waals surface area (Å²) in [6.45, 7) is 3.30. The smallest absolute Gasteiger partial charge is 0.179 e. The normalized spacial score (nSPS) is 13.9. The molecule has 2 aromatic carbocycles. The van der Waals surface area contributed by atoms with Crippen LogP contribution < -0.4 is 5.32 Å². The molecule has 9 heteroatoms. The molecule has 1 N–H and O–H groups in total. The van der Waals surface area contributed by atoms with Crippen molar-refractivity contribution < 1.29 is 13.2 Å². The summed E-state index contributed by atoms with van der Waals surface area (Å²) in [6, 6.07) is 19.6. The molecule has 4 aromatic rings. The number of hydrogen-bond donors (Lipinski definition) is 1. The minimum Gasteiger partial charge on any atom is -0.379 e. The highest BCUT2D eigenvalue weighted by molar-refractivity contribution is 7.91. The lowest BCUT2D eigenvalue weighted by Gasteiger charge is -2.26. The summed E-state index contributed by atoms with van der Waals surface area (Å²) >= 11 is 0. The van der Waals surface area contributed by atoms with Gasteiger partial charge < -0.3 is 10.1 Å². The molecule has 0 atom stereocenters. The molecule has 38 heavy (non-hydrogen) atoms. The number of sulfone groups is 1. The van der Waals surface area contributed by atoms with Crippen molar-refractivity contribution in [3.05, 3.63) is 89.9 Å². The highest BCUT2D eigenvalue weighted by Crippen LogP contribution is 2.23. The lowest BCUT2D eigenvalue weighted by atomic mass is 10.1. The third-order valence-electron chi connectivity index (χ3n) is 6.25. The van der Waals surface area contributed by atoms with Crippen LogP contribution in [0.15, 0.2) is 78.0 Å². The third kappa shape index (κ3) is 6.16. The van der Waals surface area contributed by atoms with Gasteiger partial charge in [-0.2, -0.15) is 5.26 Å². The van der Waals surface area contributed by atoms with Crippen LogP contribution in [0.25, 0.3) is 10.8 Å². The quantitative estimate of drug-likeness (QED) is 0.381. The predicted octanol–water partition coefficient (Wildman–Crippen LogP) is 3.75. The molecule has 0 spiro atoms. The fourth-order valence-electron chi connectivity index (χ4n) is 4.08. The molecule has 190 valence electrons. The van der Waals surface area contributed by atoms with Gasteiger partial charge in [0.25, 0.3) is 0 Å². The summed E-state index contributed by atoms with van der Waals surface area (Å²) < 4.78 is 30.9. The Kier molecular flexibility index (Phi) is 7.62. The minimum atomic E-state index is -3.38. The summed E-state index contributed by atoms with van der Waals surface area (Å²) in [5.74, 6) is 6.88. The van der Waals surface area contributed by atoms with Crippen LogP contribution in [0.5, 0.6) is 0 Å². The zero-order valence-electron chi connectivity index (χ0n) is 20.6. The van der Waals surface area contributed by atoms with Crippen LogP contribution in [0.4, 0.5) is 11.5 Å². The average molecular weight is 524 g/mol. The van der Waals surface area contributed by atoms with E-state index < -0.39 is 9.84 Å². The molecule has 1 aliphatic heterocycles. The molecule has 0 aliphatic carbocycles. The van der Waals surface area contributed by atoms with Gasteiger partial charge in [-0.05, 0) is 66.6 Å². The van der Waals surface area contributed by atoms with Crippen LogP contribution in [-0.4, -0.2) is 61.9 Å². The molecule has 1 fully saturated rings. The highest BCUT2D eigenvalue weighted by atomic mass is 32.2. The second kappa shape index (κ2) is 11.4. The lowest BCUT2D eigenvalue weighted by molar-refractivity contribution is 0.0408. The Morgan fingerprint density at radius 1 is 0.947 bits per heavy atom. The Morgan fingerprint density at radius 3 is 2.42 bits per heavy atom. The SMILES string of the molecule is N#Cc1ccc(C#Cc2nccc3cnc(Nc4ccc(S(=O)(=O)CCN5CCOCC5)cc4)cc23)cc1. The second-order valence-corrected chi connectivity index (χ2v) is 10.9. The van der Waals surface area contributed by atoms with Crippen LogP contribution in [0.1, 0.15) is 16.8 Å². The second-order valence-electron chi connectivity index (χ2n) is 8.81. The standard InChI is InChI=1S/C29H25N5O3S/c30-20-23-3-1-22(2-4-23)5-10-28-27-19-29(32-21-24(27)11-12-31-28)33-25-6-8-26(9-7-25)38(35,36)18-15-34-13-16-37-17-14-34/h1-4,6-9,11-12,19,21H,13-18H2,(H,32,33). The first-order chi connectivity index (χ1) is 18.5. The van der Waals surface area contributed by atoms with Crippen molar-refractivity contribution in [2.45, 2.75) is 4.90 Å². The number of hydrogen-bond acceptors (Lipinski definition) is 8. The number of nitriles is 1. The van der Waals surface area contributed by atoms with Crippen molar-refractivity contribution in [1.82, 2.24) is 14.9 Å². The first-order valence-electron chi connectivity index (χ1n) is 12.2. The molecule has 0 amide bonds. The summed E-state index contributed by atoms with van der Waals surface area (Å²) in [5.41, 5.74) is 2.70. The maximum Gasteiger partial charge on any atom is 0.179 e. The van der Waals surface area contributed by atoms with Crippen LogP contribution in [0.2, 0.25) is 0 Å². The Bertz CT molecular complexity index is 1650.